The third-order valence-electron chi connectivity index (χ3n) is 5.86. The lowest BCUT2D eigenvalue weighted by Gasteiger charge is -2.08. The molecule has 160 valence electrons. The normalized spacial score (nSPS) is 11.3. The molecule has 0 saturated heterocycles. The SMILES string of the molecule is CCCCNC(=O)n1ccc2c(Cc3c[nH]c4ncc(-c5ccncc5)cc34)cccc21. The molecule has 6 heteroatoms. The number of aromatic amines is 1. The van der Waals surface area contributed by atoms with Crippen LogP contribution in [0.5, 0.6) is 0 Å². The minimum Gasteiger partial charge on any atom is -0.346 e. The number of aromatic nitrogens is 4. The van der Waals surface area contributed by atoms with Crippen LogP contribution < -0.4 is 5.32 Å². The van der Waals surface area contributed by atoms with Crippen LogP contribution in [0.2, 0.25) is 0 Å². The number of hydrogen-bond acceptors (Lipinski definition) is 3. The van der Waals surface area contributed by atoms with E-state index < -0.39 is 0 Å². The molecule has 0 aliphatic rings. The van der Waals surface area contributed by atoms with Crippen molar-refractivity contribution < 1.29 is 4.79 Å². The summed E-state index contributed by atoms with van der Waals surface area (Å²) in [5.74, 6) is 0. The van der Waals surface area contributed by atoms with Gasteiger partial charge in [0, 0.05) is 60.3 Å². The van der Waals surface area contributed by atoms with Gasteiger partial charge in [0.05, 0.1) is 5.52 Å². The molecule has 2 N–H and O–H groups in total. The van der Waals surface area contributed by atoms with Crippen LogP contribution in [0.15, 0.2) is 73.4 Å². The molecule has 0 bridgehead atoms. The Morgan fingerprint density at radius 3 is 2.78 bits per heavy atom. The second-order valence-corrected chi connectivity index (χ2v) is 7.97. The predicted molar refractivity (Wildman–Crippen MR) is 128 cm³/mol. The molecule has 1 amide bonds. The highest BCUT2D eigenvalue weighted by atomic mass is 16.2. The van der Waals surface area contributed by atoms with E-state index in [0.29, 0.717) is 6.54 Å². The van der Waals surface area contributed by atoms with Crippen LogP contribution in [0.3, 0.4) is 0 Å². The minimum atomic E-state index is -0.0797. The van der Waals surface area contributed by atoms with E-state index >= 15 is 0 Å². The molecule has 4 aromatic heterocycles. The lowest BCUT2D eigenvalue weighted by atomic mass is 10.0. The fourth-order valence-electron chi connectivity index (χ4n) is 4.13. The summed E-state index contributed by atoms with van der Waals surface area (Å²) in [5.41, 5.74) is 6.31. The number of amides is 1. The van der Waals surface area contributed by atoms with Gasteiger partial charge in [-0.25, -0.2) is 9.78 Å². The fourth-order valence-corrected chi connectivity index (χ4v) is 4.13. The maximum atomic E-state index is 12.6. The smallest absolute Gasteiger partial charge is 0.326 e. The summed E-state index contributed by atoms with van der Waals surface area (Å²) < 4.78 is 1.70. The monoisotopic (exact) mass is 423 g/mol. The number of unbranched alkanes of at least 4 members (excludes halogenated alkanes) is 1. The van der Waals surface area contributed by atoms with E-state index in [9.17, 15) is 4.79 Å². The highest BCUT2D eigenvalue weighted by Gasteiger charge is 2.13. The number of nitrogens with zero attached hydrogens (tertiary/aromatic N) is 3. The van der Waals surface area contributed by atoms with E-state index in [-0.39, 0.29) is 6.03 Å². The Kier molecular flexibility index (Phi) is 5.42. The number of rotatable bonds is 6. The van der Waals surface area contributed by atoms with Crippen LogP contribution in [0.1, 0.15) is 30.9 Å². The van der Waals surface area contributed by atoms with E-state index in [1.54, 1.807) is 17.0 Å². The molecule has 32 heavy (non-hydrogen) atoms. The third-order valence-corrected chi connectivity index (χ3v) is 5.86. The van der Waals surface area contributed by atoms with Gasteiger partial charge >= 0.3 is 6.03 Å². The number of carbonyl (C=O) groups excluding carboxylic acids is 1. The van der Waals surface area contributed by atoms with Crippen LogP contribution in [0.25, 0.3) is 33.1 Å². The van der Waals surface area contributed by atoms with Crippen molar-refractivity contribution in [3.05, 3.63) is 84.6 Å². The second kappa shape index (κ2) is 8.67. The number of hydrogen-bond donors (Lipinski definition) is 2. The lowest BCUT2D eigenvalue weighted by Crippen LogP contribution is -2.28. The molecule has 0 unspecified atom stereocenters. The number of carbonyl (C=O) groups is 1. The molecule has 0 fully saturated rings. The first-order valence-corrected chi connectivity index (χ1v) is 11.0. The number of pyridine rings is 2. The Hall–Kier alpha value is -3.93. The van der Waals surface area contributed by atoms with Crippen molar-refractivity contribution in [3.63, 3.8) is 0 Å². The predicted octanol–water partition coefficient (Wildman–Crippen LogP) is 5.53. The Morgan fingerprint density at radius 1 is 1.06 bits per heavy atom. The van der Waals surface area contributed by atoms with Gasteiger partial charge in [0.25, 0.3) is 0 Å². The Bertz CT molecular complexity index is 1380. The van der Waals surface area contributed by atoms with E-state index in [1.165, 1.54) is 11.1 Å². The molecule has 0 aliphatic heterocycles. The minimum absolute atomic E-state index is 0.0797. The number of nitrogens with one attached hydrogen (secondary N) is 2. The van der Waals surface area contributed by atoms with Gasteiger partial charge < -0.3 is 10.3 Å². The molecule has 1 aromatic carbocycles. The van der Waals surface area contributed by atoms with Crippen molar-refractivity contribution in [3.8, 4) is 11.1 Å². The van der Waals surface area contributed by atoms with Gasteiger partial charge in [0.15, 0.2) is 0 Å². The zero-order valence-electron chi connectivity index (χ0n) is 18.0. The molecule has 5 rings (SSSR count). The van der Waals surface area contributed by atoms with Crippen molar-refractivity contribution in [1.82, 2.24) is 24.8 Å². The van der Waals surface area contributed by atoms with Crippen LogP contribution in [0.4, 0.5) is 4.79 Å². The van der Waals surface area contributed by atoms with E-state index in [4.69, 9.17) is 0 Å². The molecule has 0 aliphatic carbocycles. The average molecular weight is 424 g/mol. The first kappa shape index (κ1) is 20.0. The highest BCUT2D eigenvalue weighted by Crippen LogP contribution is 2.28. The quantitative estimate of drug-likeness (QED) is 0.353. The Labute approximate surface area is 186 Å². The number of H-pyrrole nitrogens is 1. The summed E-state index contributed by atoms with van der Waals surface area (Å²) in [6, 6.07) is 14.2. The van der Waals surface area contributed by atoms with Crippen molar-refractivity contribution in [2.45, 2.75) is 26.2 Å². The van der Waals surface area contributed by atoms with Gasteiger partial charge in [-0.2, -0.15) is 0 Å². The summed E-state index contributed by atoms with van der Waals surface area (Å²) in [7, 11) is 0. The number of fused-ring (bicyclic) bond motifs is 2. The van der Waals surface area contributed by atoms with Gasteiger partial charge in [-0.3, -0.25) is 9.55 Å². The summed E-state index contributed by atoms with van der Waals surface area (Å²) in [6.45, 7) is 2.81. The van der Waals surface area contributed by atoms with Crippen LogP contribution in [0, 0.1) is 0 Å². The largest absolute Gasteiger partial charge is 0.346 e. The molecular weight excluding hydrogens is 398 g/mol. The average Bonchev–Trinajstić information content (AvgIpc) is 3.44. The molecule has 0 radical (unpaired) electrons. The maximum Gasteiger partial charge on any atom is 0.326 e. The third kappa shape index (κ3) is 3.75. The topological polar surface area (TPSA) is 75.6 Å². The van der Waals surface area contributed by atoms with Gasteiger partial charge in [-0.15, -0.1) is 0 Å². The first-order chi connectivity index (χ1) is 15.7. The molecular formula is C26H25N5O. The van der Waals surface area contributed by atoms with Crippen LogP contribution in [-0.4, -0.2) is 32.1 Å². The first-order valence-electron chi connectivity index (χ1n) is 11.0. The van der Waals surface area contributed by atoms with Gasteiger partial charge in [0.1, 0.15) is 5.65 Å². The second-order valence-electron chi connectivity index (χ2n) is 7.97. The summed E-state index contributed by atoms with van der Waals surface area (Å²) in [6.07, 6.45) is 12.1. The molecule has 0 atom stereocenters. The zero-order valence-corrected chi connectivity index (χ0v) is 18.0. The van der Waals surface area contributed by atoms with Crippen LogP contribution in [-0.2, 0) is 6.42 Å². The zero-order chi connectivity index (χ0) is 21.9. The fraction of sp³-hybridized carbons (Fsp3) is 0.192. The number of benzene rings is 1. The Balaban J connectivity index is 1.47. The molecule has 4 heterocycles. The van der Waals surface area contributed by atoms with Gasteiger partial charge in [0.2, 0.25) is 0 Å². The standard InChI is InChI=1S/C26H25N5O/c1-2-3-10-28-26(32)31-13-9-22-19(5-4-6-24(22)31)14-21-17-30-25-23(21)15-20(16-29-25)18-7-11-27-12-8-18/h4-9,11-13,15-17H,2-3,10,14H2,1H3,(H,28,32)(H,29,30). The van der Waals surface area contributed by atoms with Crippen molar-refractivity contribution in [2.75, 3.05) is 6.54 Å². The van der Waals surface area contributed by atoms with E-state index in [0.717, 1.165) is 52.3 Å². The van der Waals surface area contributed by atoms with Crippen LogP contribution >= 0.6 is 0 Å². The van der Waals surface area contributed by atoms with E-state index in [1.807, 2.05) is 48.9 Å². The van der Waals surface area contributed by atoms with Crippen molar-refractivity contribution in [2.24, 2.45) is 0 Å². The lowest BCUT2D eigenvalue weighted by molar-refractivity contribution is 0.243. The molecule has 0 spiro atoms. The molecule has 0 saturated carbocycles. The summed E-state index contributed by atoms with van der Waals surface area (Å²) in [5, 5.41) is 5.19. The van der Waals surface area contributed by atoms with Gasteiger partial charge in [-0.05, 0) is 53.4 Å². The van der Waals surface area contributed by atoms with E-state index in [2.05, 4.69) is 39.3 Å². The maximum absolute atomic E-state index is 12.6. The summed E-state index contributed by atoms with van der Waals surface area (Å²) in [4.78, 5) is 24.6. The Morgan fingerprint density at radius 2 is 1.94 bits per heavy atom. The van der Waals surface area contributed by atoms with Crippen molar-refractivity contribution in [1.29, 1.82) is 0 Å². The highest BCUT2D eigenvalue weighted by molar-refractivity contribution is 5.94. The molecule has 6 nitrogen and oxygen atoms in total. The van der Waals surface area contributed by atoms with Gasteiger partial charge in [-0.1, -0.05) is 25.5 Å². The van der Waals surface area contributed by atoms with Crippen molar-refractivity contribution >= 4 is 28.0 Å². The molecule has 5 aromatic rings. The summed E-state index contributed by atoms with van der Waals surface area (Å²) >= 11 is 0.